The Kier molecular flexibility index (Phi) is 5.57. The van der Waals surface area contributed by atoms with Crippen molar-refractivity contribution in [2.75, 3.05) is 16.4 Å². The fourth-order valence-electron chi connectivity index (χ4n) is 3.67. The molecule has 5 rings (SSSR count). The van der Waals surface area contributed by atoms with Crippen molar-refractivity contribution in [3.63, 3.8) is 0 Å². The number of furan rings is 1. The van der Waals surface area contributed by atoms with E-state index in [0.717, 1.165) is 21.9 Å². The van der Waals surface area contributed by atoms with Crippen LogP contribution in [0.3, 0.4) is 0 Å². The maximum Gasteiger partial charge on any atom is 0.238 e. The molecule has 8 heteroatoms. The van der Waals surface area contributed by atoms with Crippen molar-refractivity contribution < 1.29 is 9.21 Å². The monoisotopic (exact) mass is 448 g/mol. The minimum atomic E-state index is -0.00706. The molecule has 156 valence electrons. The van der Waals surface area contributed by atoms with Crippen LogP contribution in [0.15, 0.2) is 87.5 Å². The highest BCUT2D eigenvalue weighted by atomic mass is 32.2. The Labute approximate surface area is 188 Å². The second-order valence-corrected chi connectivity index (χ2v) is 9.10. The minimum Gasteiger partial charge on any atom is -0.461 e. The number of fused-ring (bicyclic) bond motifs is 1. The van der Waals surface area contributed by atoms with Crippen molar-refractivity contribution in [3.8, 4) is 11.6 Å². The van der Waals surface area contributed by atoms with E-state index in [4.69, 9.17) is 4.42 Å². The molecule has 0 radical (unpaired) electrons. The van der Waals surface area contributed by atoms with Gasteiger partial charge in [-0.05, 0) is 29.8 Å². The number of hydrogen-bond acceptors (Lipinski definition) is 6. The molecule has 0 saturated carbocycles. The summed E-state index contributed by atoms with van der Waals surface area (Å²) in [7, 11) is 1.88. The van der Waals surface area contributed by atoms with E-state index < -0.39 is 0 Å². The van der Waals surface area contributed by atoms with Crippen LogP contribution >= 0.6 is 23.5 Å². The molecule has 31 heavy (non-hydrogen) atoms. The number of thioether (sulfide) groups is 2. The number of carbonyl (C=O) groups is 1. The van der Waals surface area contributed by atoms with Crippen molar-refractivity contribution in [2.45, 2.75) is 16.1 Å². The highest BCUT2D eigenvalue weighted by Gasteiger charge is 2.32. The van der Waals surface area contributed by atoms with Crippen LogP contribution in [0.25, 0.3) is 11.6 Å². The van der Waals surface area contributed by atoms with Gasteiger partial charge >= 0.3 is 0 Å². The Balaban J connectivity index is 1.40. The molecular weight excluding hydrogens is 428 g/mol. The van der Waals surface area contributed by atoms with Crippen molar-refractivity contribution in [2.24, 2.45) is 7.05 Å². The molecule has 0 bridgehead atoms. The van der Waals surface area contributed by atoms with Crippen LogP contribution in [-0.2, 0) is 11.8 Å². The van der Waals surface area contributed by atoms with Crippen molar-refractivity contribution in [1.29, 1.82) is 0 Å². The Morgan fingerprint density at radius 3 is 2.71 bits per heavy atom. The van der Waals surface area contributed by atoms with E-state index >= 15 is 0 Å². The molecule has 1 atom stereocenters. The Morgan fingerprint density at radius 2 is 1.90 bits per heavy atom. The van der Waals surface area contributed by atoms with E-state index in [9.17, 15) is 4.79 Å². The van der Waals surface area contributed by atoms with Gasteiger partial charge < -0.3 is 13.9 Å². The Morgan fingerprint density at radius 1 is 1.10 bits per heavy atom. The highest BCUT2D eigenvalue weighted by Crippen LogP contribution is 2.43. The second-order valence-electron chi connectivity index (χ2n) is 7.10. The highest BCUT2D eigenvalue weighted by molar-refractivity contribution is 8.00. The fourth-order valence-corrected chi connectivity index (χ4v) is 5.61. The average Bonchev–Trinajstić information content (AvgIpc) is 3.47. The normalized spacial score (nSPS) is 15.6. The van der Waals surface area contributed by atoms with E-state index in [2.05, 4.69) is 28.4 Å². The zero-order chi connectivity index (χ0) is 21.2. The molecule has 1 amide bonds. The maximum atomic E-state index is 13.5. The van der Waals surface area contributed by atoms with E-state index in [1.807, 2.05) is 65.0 Å². The summed E-state index contributed by atoms with van der Waals surface area (Å²) in [6.07, 6.45) is 1.61. The first-order chi connectivity index (χ1) is 15.2. The number of carbonyl (C=O) groups excluding carboxylic acids is 1. The number of aromatic nitrogens is 3. The number of anilines is 1. The van der Waals surface area contributed by atoms with Gasteiger partial charge in [0, 0.05) is 17.7 Å². The van der Waals surface area contributed by atoms with Crippen LogP contribution in [0, 0.1) is 0 Å². The van der Waals surface area contributed by atoms with Crippen LogP contribution in [0.1, 0.15) is 11.6 Å². The molecule has 1 aliphatic heterocycles. The largest absolute Gasteiger partial charge is 0.461 e. The topological polar surface area (TPSA) is 64.2 Å². The number of nitrogens with zero attached hydrogens (tertiary/aromatic N) is 4. The Bertz CT molecular complexity index is 1190. The summed E-state index contributed by atoms with van der Waals surface area (Å²) in [5.74, 6) is 2.44. The lowest BCUT2D eigenvalue weighted by atomic mass is 10.1. The van der Waals surface area contributed by atoms with Crippen LogP contribution in [0.5, 0.6) is 0 Å². The molecule has 6 nitrogen and oxygen atoms in total. The number of amides is 1. The molecule has 0 unspecified atom stereocenters. The number of para-hydroxylation sites is 1. The van der Waals surface area contributed by atoms with Crippen LogP contribution in [0.2, 0.25) is 0 Å². The van der Waals surface area contributed by atoms with E-state index in [-0.39, 0.29) is 17.7 Å². The zero-order valence-electron chi connectivity index (χ0n) is 16.8. The third-order valence-electron chi connectivity index (χ3n) is 5.19. The van der Waals surface area contributed by atoms with Gasteiger partial charge in [0.2, 0.25) is 5.91 Å². The van der Waals surface area contributed by atoms with Gasteiger partial charge in [0.05, 0.1) is 23.7 Å². The summed E-state index contributed by atoms with van der Waals surface area (Å²) in [4.78, 5) is 16.6. The van der Waals surface area contributed by atoms with E-state index in [0.29, 0.717) is 16.7 Å². The molecule has 0 aliphatic carbocycles. The first-order valence-corrected chi connectivity index (χ1v) is 11.8. The third kappa shape index (κ3) is 3.88. The summed E-state index contributed by atoms with van der Waals surface area (Å²) in [6.45, 7) is 0. The summed E-state index contributed by atoms with van der Waals surface area (Å²) >= 11 is 3.18. The number of benzene rings is 2. The van der Waals surface area contributed by atoms with Crippen LogP contribution in [-0.4, -0.2) is 32.2 Å². The first kappa shape index (κ1) is 20.0. The lowest BCUT2D eigenvalue weighted by Gasteiger charge is -2.37. The molecule has 3 heterocycles. The Hall–Kier alpha value is -2.97. The lowest BCUT2D eigenvalue weighted by Crippen LogP contribution is -2.39. The molecule has 4 aromatic rings. The minimum absolute atomic E-state index is 0.00706. The lowest BCUT2D eigenvalue weighted by molar-refractivity contribution is -0.116. The van der Waals surface area contributed by atoms with Gasteiger partial charge in [0.25, 0.3) is 0 Å². The summed E-state index contributed by atoms with van der Waals surface area (Å²) in [5.41, 5.74) is 2.11. The molecule has 2 aromatic heterocycles. The van der Waals surface area contributed by atoms with Crippen LogP contribution in [0.4, 0.5) is 5.69 Å². The van der Waals surface area contributed by atoms with Crippen molar-refractivity contribution >= 4 is 35.1 Å². The smallest absolute Gasteiger partial charge is 0.238 e. The van der Waals surface area contributed by atoms with Gasteiger partial charge in [-0.15, -0.1) is 22.0 Å². The second kappa shape index (κ2) is 8.64. The molecule has 0 saturated heterocycles. The molecule has 0 N–H and O–H groups in total. The fraction of sp³-hybridized carbons (Fsp3) is 0.174. The molecule has 2 aromatic carbocycles. The number of rotatable bonds is 5. The van der Waals surface area contributed by atoms with Gasteiger partial charge in [-0.25, -0.2) is 0 Å². The average molecular weight is 449 g/mol. The first-order valence-electron chi connectivity index (χ1n) is 9.87. The van der Waals surface area contributed by atoms with Crippen molar-refractivity contribution in [1.82, 2.24) is 14.8 Å². The van der Waals surface area contributed by atoms with E-state index in [1.54, 1.807) is 18.0 Å². The molecular formula is C23H20N4O2S2. The molecule has 0 fully saturated rings. The van der Waals surface area contributed by atoms with Gasteiger partial charge in [-0.2, -0.15) is 0 Å². The third-order valence-corrected chi connectivity index (χ3v) is 7.33. The van der Waals surface area contributed by atoms with Crippen molar-refractivity contribution in [3.05, 3.63) is 78.6 Å². The zero-order valence-corrected chi connectivity index (χ0v) is 18.5. The quantitative estimate of drug-likeness (QED) is 0.398. The molecule has 1 aliphatic rings. The molecule has 0 spiro atoms. The SMILES string of the molecule is Cn1c(SCC(=O)N2c3ccccc3SC[C@H]2c2ccccc2)nnc1-c1ccco1. The standard InChI is InChI=1S/C23H20N4O2S2/c1-26-22(19-11-7-13-29-19)24-25-23(26)31-15-21(28)27-17-10-5-6-12-20(17)30-14-18(27)16-8-3-2-4-9-16/h2-13,18H,14-15H2,1H3/t18-/m0/s1. The van der Waals surface area contributed by atoms with Gasteiger partial charge in [-0.1, -0.05) is 54.2 Å². The maximum absolute atomic E-state index is 13.5. The van der Waals surface area contributed by atoms with Crippen LogP contribution < -0.4 is 4.90 Å². The van der Waals surface area contributed by atoms with Gasteiger partial charge in [-0.3, -0.25) is 4.79 Å². The van der Waals surface area contributed by atoms with E-state index in [1.165, 1.54) is 11.8 Å². The summed E-state index contributed by atoms with van der Waals surface area (Å²) in [6, 6.07) is 22.0. The van der Waals surface area contributed by atoms with Gasteiger partial charge in [0.1, 0.15) is 0 Å². The van der Waals surface area contributed by atoms with Gasteiger partial charge in [0.15, 0.2) is 16.7 Å². The predicted octanol–water partition coefficient (Wildman–Crippen LogP) is 5.05. The summed E-state index contributed by atoms with van der Waals surface area (Å²) in [5, 5.41) is 9.15. The predicted molar refractivity (Wildman–Crippen MR) is 123 cm³/mol. The summed E-state index contributed by atoms with van der Waals surface area (Å²) < 4.78 is 7.28. The number of hydrogen-bond donors (Lipinski definition) is 0.